The van der Waals surface area contributed by atoms with Crippen molar-refractivity contribution in [2.75, 3.05) is 0 Å². The molecule has 2 atom stereocenters. The molecule has 2 unspecified atom stereocenters. The minimum Gasteiger partial charge on any atom is -0.388 e. The molecule has 0 aromatic heterocycles. The van der Waals surface area contributed by atoms with Gasteiger partial charge >= 0.3 is 0 Å². The molecule has 0 spiro atoms. The Kier molecular flexibility index (Phi) is 1.55. The number of aliphatic hydroxyl groups is 1. The summed E-state index contributed by atoms with van der Waals surface area (Å²) in [5, 5.41) is 9.76. The Morgan fingerprint density at radius 1 is 1.33 bits per heavy atom. The maximum atomic E-state index is 9.76. The minimum atomic E-state index is -0.353. The molecule has 0 amide bonds. The lowest BCUT2D eigenvalue weighted by Gasteiger charge is -2.08. The highest BCUT2D eigenvalue weighted by Gasteiger charge is 2.29. The first-order valence-corrected chi connectivity index (χ1v) is 4.18. The first-order valence-electron chi connectivity index (χ1n) is 4.18. The van der Waals surface area contributed by atoms with Crippen LogP contribution in [0.3, 0.4) is 0 Å². The van der Waals surface area contributed by atoms with Crippen LogP contribution in [0.5, 0.6) is 0 Å². The van der Waals surface area contributed by atoms with E-state index in [1.54, 1.807) is 0 Å². The highest BCUT2D eigenvalue weighted by atomic mass is 16.3. The monoisotopic (exact) mass is 160 g/mol. The lowest BCUT2D eigenvalue weighted by molar-refractivity contribution is 0.151. The van der Waals surface area contributed by atoms with Gasteiger partial charge in [-0.15, -0.1) is 0 Å². The van der Waals surface area contributed by atoms with Gasteiger partial charge in [-0.05, 0) is 16.7 Å². The summed E-state index contributed by atoms with van der Waals surface area (Å²) >= 11 is 0. The van der Waals surface area contributed by atoms with E-state index >= 15 is 0 Å². The zero-order valence-electron chi connectivity index (χ0n) is 7.12. The summed E-state index contributed by atoms with van der Waals surface area (Å²) in [4.78, 5) is 0. The van der Waals surface area contributed by atoms with Crippen LogP contribution in [0.2, 0.25) is 0 Å². The van der Waals surface area contributed by atoms with E-state index in [9.17, 15) is 5.11 Å². The second-order valence-corrected chi connectivity index (χ2v) is 3.35. The van der Waals surface area contributed by atoms with Gasteiger partial charge in [-0.1, -0.05) is 37.8 Å². The van der Waals surface area contributed by atoms with E-state index in [4.69, 9.17) is 0 Å². The van der Waals surface area contributed by atoms with E-state index in [1.807, 2.05) is 31.2 Å². The van der Waals surface area contributed by atoms with Gasteiger partial charge in [-0.3, -0.25) is 0 Å². The summed E-state index contributed by atoms with van der Waals surface area (Å²) in [6.07, 6.45) is -0.353. The van der Waals surface area contributed by atoms with Crippen molar-refractivity contribution in [2.24, 2.45) is 5.92 Å². The Labute approximate surface area is 72.4 Å². The summed E-state index contributed by atoms with van der Waals surface area (Å²) < 4.78 is 0. The lowest BCUT2D eigenvalue weighted by atomic mass is 10.0. The largest absolute Gasteiger partial charge is 0.388 e. The molecule has 0 aliphatic heterocycles. The zero-order chi connectivity index (χ0) is 8.72. The highest BCUT2D eigenvalue weighted by Crippen LogP contribution is 2.42. The molecule has 1 aromatic carbocycles. The Hall–Kier alpha value is -1.08. The van der Waals surface area contributed by atoms with Crippen LogP contribution >= 0.6 is 0 Å². The molecule has 12 heavy (non-hydrogen) atoms. The van der Waals surface area contributed by atoms with Gasteiger partial charge in [0.2, 0.25) is 0 Å². The fourth-order valence-electron chi connectivity index (χ4n) is 1.75. The Morgan fingerprint density at radius 3 is 2.67 bits per heavy atom. The quantitative estimate of drug-likeness (QED) is 0.617. The van der Waals surface area contributed by atoms with Gasteiger partial charge < -0.3 is 5.11 Å². The summed E-state index contributed by atoms with van der Waals surface area (Å²) in [6.45, 7) is 5.97. The molecule has 1 N–H and O–H groups in total. The Morgan fingerprint density at radius 2 is 2.00 bits per heavy atom. The number of rotatable bonds is 0. The van der Waals surface area contributed by atoms with Crippen LogP contribution in [0, 0.1) is 5.92 Å². The van der Waals surface area contributed by atoms with E-state index in [1.165, 1.54) is 0 Å². The van der Waals surface area contributed by atoms with Crippen molar-refractivity contribution in [3.05, 3.63) is 42.0 Å². The van der Waals surface area contributed by atoms with Gasteiger partial charge in [0.05, 0.1) is 6.10 Å². The van der Waals surface area contributed by atoms with Crippen LogP contribution in [0.1, 0.15) is 24.2 Å². The number of hydrogen-bond acceptors (Lipinski definition) is 1. The third kappa shape index (κ3) is 0.833. The van der Waals surface area contributed by atoms with Crippen LogP contribution < -0.4 is 0 Å². The standard InChI is InChI=1S/C11H12O/c1-7-8(2)11(12)10-6-4-3-5-9(7)10/h3-6,8,11-12H,1H2,2H3. The van der Waals surface area contributed by atoms with Crippen molar-refractivity contribution in [2.45, 2.75) is 13.0 Å². The number of hydrogen-bond donors (Lipinski definition) is 1. The second-order valence-electron chi connectivity index (χ2n) is 3.35. The van der Waals surface area contributed by atoms with E-state index < -0.39 is 0 Å². The molecule has 0 heterocycles. The van der Waals surface area contributed by atoms with E-state index in [-0.39, 0.29) is 12.0 Å². The number of aliphatic hydroxyl groups excluding tert-OH is 1. The highest BCUT2D eigenvalue weighted by molar-refractivity contribution is 5.73. The van der Waals surface area contributed by atoms with Crippen LogP contribution in [0.15, 0.2) is 30.8 Å². The molecule has 1 heteroatoms. The van der Waals surface area contributed by atoms with Gasteiger partial charge in [0.25, 0.3) is 0 Å². The third-order valence-corrected chi connectivity index (χ3v) is 2.65. The topological polar surface area (TPSA) is 20.2 Å². The zero-order valence-corrected chi connectivity index (χ0v) is 7.12. The SMILES string of the molecule is C=C1c2ccccc2C(O)C1C. The number of fused-ring (bicyclic) bond motifs is 1. The third-order valence-electron chi connectivity index (χ3n) is 2.65. The molecule has 1 nitrogen and oxygen atoms in total. The average Bonchev–Trinajstić information content (AvgIpc) is 2.33. The summed E-state index contributed by atoms with van der Waals surface area (Å²) in [6, 6.07) is 7.92. The van der Waals surface area contributed by atoms with Crippen molar-refractivity contribution >= 4 is 5.57 Å². The van der Waals surface area contributed by atoms with Gasteiger partial charge in [0, 0.05) is 5.92 Å². The summed E-state index contributed by atoms with van der Waals surface area (Å²) in [7, 11) is 0. The summed E-state index contributed by atoms with van der Waals surface area (Å²) in [5.74, 6) is 0.169. The molecule has 1 aromatic rings. The van der Waals surface area contributed by atoms with Gasteiger partial charge in [-0.2, -0.15) is 0 Å². The lowest BCUT2D eigenvalue weighted by Crippen LogP contribution is -2.00. The van der Waals surface area contributed by atoms with Crippen molar-refractivity contribution < 1.29 is 5.11 Å². The first kappa shape index (κ1) is 7.56. The van der Waals surface area contributed by atoms with Gasteiger partial charge in [-0.25, -0.2) is 0 Å². The predicted octanol–water partition coefficient (Wildman–Crippen LogP) is 2.38. The smallest absolute Gasteiger partial charge is 0.0861 e. The summed E-state index contributed by atoms with van der Waals surface area (Å²) in [5.41, 5.74) is 3.20. The van der Waals surface area contributed by atoms with Crippen molar-refractivity contribution in [1.82, 2.24) is 0 Å². The van der Waals surface area contributed by atoms with Crippen molar-refractivity contribution in [3.8, 4) is 0 Å². The molecule has 1 aliphatic carbocycles. The van der Waals surface area contributed by atoms with Crippen molar-refractivity contribution in [3.63, 3.8) is 0 Å². The molecule has 62 valence electrons. The maximum Gasteiger partial charge on any atom is 0.0861 e. The predicted molar refractivity (Wildman–Crippen MR) is 49.6 cm³/mol. The Balaban J connectivity index is 2.59. The molecular formula is C11H12O. The van der Waals surface area contributed by atoms with Crippen LogP contribution in [-0.4, -0.2) is 5.11 Å². The van der Waals surface area contributed by atoms with E-state index in [0.29, 0.717) is 0 Å². The fourth-order valence-corrected chi connectivity index (χ4v) is 1.75. The number of benzene rings is 1. The molecule has 0 saturated carbocycles. The molecule has 2 rings (SSSR count). The molecule has 0 radical (unpaired) electrons. The van der Waals surface area contributed by atoms with E-state index in [2.05, 4.69) is 6.58 Å². The molecule has 0 bridgehead atoms. The van der Waals surface area contributed by atoms with Crippen molar-refractivity contribution in [1.29, 1.82) is 0 Å². The molecular weight excluding hydrogens is 148 g/mol. The van der Waals surface area contributed by atoms with Crippen LogP contribution in [-0.2, 0) is 0 Å². The van der Waals surface area contributed by atoms with E-state index in [0.717, 1.165) is 16.7 Å². The van der Waals surface area contributed by atoms with Crippen LogP contribution in [0.25, 0.3) is 5.57 Å². The van der Waals surface area contributed by atoms with Gasteiger partial charge in [0.15, 0.2) is 0 Å². The van der Waals surface area contributed by atoms with Gasteiger partial charge in [0.1, 0.15) is 0 Å². The minimum absolute atomic E-state index is 0.169. The maximum absolute atomic E-state index is 9.76. The molecule has 0 saturated heterocycles. The van der Waals surface area contributed by atoms with Crippen LogP contribution in [0.4, 0.5) is 0 Å². The first-order chi connectivity index (χ1) is 5.72. The molecule has 1 aliphatic rings. The second kappa shape index (κ2) is 2.46. The average molecular weight is 160 g/mol. The Bertz CT molecular complexity index is 328. The normalized spacial score (nSPS) is 27.3. The fraction of sp³-hybridized carbons (Fsp3) is 0.273. The molecule has 0 fully saturated rings.